The maximum Gasteiger partial charge on any atom is 0.434 e. The standard InChI is InChI=1S/C22H18F3N5OS/c1-14-5-7-15(8-6-14)18-13-32-21(29-18)30-19(22(23,24)25)17(12-28-30)20(31)27-11-9-16-4-2-3-10-26-16/h2-8,10,12-13H,9,11H2,1H3,(H,27,31). The lowest BCUT2D eigenvalue weighted by Crippen LogP contribution is -2.28. The summed E-state index contributed by atoms with van der Waals surface area (Å²) >= 11 is 1.02. The van der Waals surface area contributed by atoms with Gasteiger partial charge in [-0.15, -0.1) is 11.3 Å². The largest absolute Gasteiger partial charge is 0.434 e. The van der Waals surface area contributed by atoms with Gasteiger partial charge in [0.2, 0.25) is 5.13 Å². The zero-order chi connectivity index (χ0) is 22.7. The van der Waals surface area contributed by atoms with E-state index in [1.165, 1.54) is 0 Å². The summed E-state index contributed by atoms with van der Waals surface area (Å²) in [6, 6.07) is 12.8. The molecule has 0 radical (unpaired) electrons. The van der Waals surface area contributed by atoms with E-state index in [9.17, 15) is 18.0 Å². The predicted molar refractivity (Wildman–Crippen MR) is 115 cm³/mol. The number of rotatable bonds is 6. The number of halogens is 3. The number of nitrogens with zero attached hydrogens (tertiary/aromatic N) is 4. The second kappa shape index (κ2) is 8.91. The highest BCUT2D eigenvalue weighted by Crippen LogP contribution is 2.35. The molecule has 164 valence electrons. The number of nitrogens with one attached hydrogen (secondary N) is 1. The molecule has 1 aromatic carbocycles. The molecule has 0 atom stereocenters. The average Bonchev–Trinajstić information content (AvgIpc) is 3.42. The smallest absolute Gasteiger partial charge is 0.352 e. The van der Waals surface area contributed by atoms with Gasteiger partial charge in [0.25, 0.3) is 5.91 Å². The van der Waals surface area contributed by atoms with E-state index >= 15 is 0 Å². The summed E-state index contributed by atoms with van der Waals surface area (Å²) in [5, 5.41) is 8.03. The SMILES string of the molecule is Cc1ccc(-c2csc(-n3ncc(C(=O)NCCc4ccccn4)c3C(F)(F)F)n2)cc1. The molecule has 10 heteroatoms. The van der Waals surface area contributed by atoms with Crippen LogP contribution >= 0.6 is 11.3 Å². The van der Waals surface area contributed by atoms with Gasteiger partial charge in [0.05, 0.1) is 17.5 Å². The minimum absolute atomic E-state index is 0.0282. The van der Waals surface area contributed by atoms with Crippen molar-refractivity contribution in [3.63, 3.8) is 0 Å². The quantitative estimate of drug-likeness (QED) is 0.456. The number of carbonyl (C=O) groups excluding carboxylic acids is 1. The van der Waals surface area contributed by atoms with E-state index in [4.69, 9.17) is 0 Å². The predicted octanol–water partition coefficient (Wildman–Crippen LogP) is 4.69. The van der Waals surface area contributed by atoms with Crippen molar-refractivity contribution >= 4 is 17.2 Å². The molecule has 0 saturated heterocycles. The Morgan fingerprint density at radius 1 is 1.16 bits per heavy atom. The molecule has 0 aliphatic rings. The fraction of sp³-hybridized carbons (Fsp3) is 0.182. The molecule has 4 aromatic rings. The molecule has 3 aromatic heterocycles. The normalized spacial score (nSPS) is 11.5. The number of carbonyl (C=O) groups is 1. The molecule has 0 bridgehead atoms. The number of hydrogen-bond donors (Lipinski definition) is 1. The van der Waals surface area contributed by atoms with Gasteiger partial charge in [0, 0.05) is 35.8 Å². The van der Waals surface area contributed by atoms with Gasteiger partial charge in [0.1, 0.15) is 0 Å². The van der Waals surface area contributed by atoms with Crippen LogP contribution in [0.25, 0.3) is 16.4 Å². The lowest BCUT2D eigenvalue weighted by Gasteiger charge is -2.11. The molecule has 0 fully saturated rings. The Labute approximate surface area is 185 Å². The van der Waals surface area contributed by atoms with Gasteiger partial charge in [-0.1, -0.05) is 35.9 Å². The van der Waals surface area contributed by atoms with Crippen LogP contribution in [0.1, 0.15) is 27.3 Å². The summed E-state index contributed by atoms with van der Waals surface area (Å²) in [7, 11) is 0. The number of alkyl halides is 3. The van der Waals surface area contributed by atoms with Crippen molar-refractivity contribution in [1.82, 2.24) is 25.1 Å². The maximum atomic E-state index is 13.9. The topological polar surface area (TPSA) is 72.7 Å². The summed E-state index contributed by atoms with van der Waals surface area (Å²) < 4.78 is 42.3. The molecule has 3 heterocycles. The average molecular weight is 457 g/mol. The van der Waals surface area contributed by atoms with Crippen molar-refractivity contribution in [2.24, 2.45) is 0 Å². The van der Waals surface area contributed by atoms with E-state index in [1.807, 2.05) is 31.2 Å². The van der Waals surface area contributed by atoms with Crippen molar-refractivity contribution < 1.29 is 18.0 Å². The number of hydrogen-bond acceptors (Lipinski definition) is 5. The van der Waals surface area contributed by atoms with Crippen LogP contribution in [0.4, 0.5) is 13.2 Å². The van der Waals surface area contributed by atoms with Gasteiger partial charge in [-0.2, -0.15) is 18.3 Å². The van der Waals surface area contributed by atoms with Crippen molar-refractivity contribution in [3.05, 3.63) is 82.8 Å². The second-order valence-corrected chi connectivity index (χ2v) is 7.86. The van der Waals surface area contributed by atoms with Gasteiger partial charge in [-0.05, 0) is 19.1 Å². The molecule has 0 saturated carbocycles. The first kappa shape index (κ1) is 21.7. The zero-order valence-electron chi connectivity index (χ0n) is 16.9. The Morgan fingerprint density at radius 2 is 1.94 bits per heavy atom. The Kier molecular flexibility index (Phi) is 6.04. The van der Waals surface area contributed by atoms with Gasteiger partial charge in [-0.25, -0.2) is 9.67 Å². The number of aromatic nitrogens is 4. The Balaban J connectivity index is 1.58. The molecular formula is C22H18F3N5OS. The summed E-state index contributed by atoms with van der Waals surface area (Å²) in [6.45, 7) is 2.09. The monoisotopic (exact) mass is 457 g/mol. The molecule has 1 N–H and O–H groups in total. The Morgan fingerprint density at radius 3 is 2.62 bits per heavy atom. The molecule has 1 amide bonds. The molecule has 6 nitrogen and oxygen atoms in total. The molecule has 4 rings (SSSR count). The Hall–Kier alpha value is -3.53. The molecule has 32 heavy (non-hydrogen) atoms. The van der Waals surface area contributed by atoms with Gasteiger partial charge in [0.15, 0.2) is 5.69 Å². The number of aryl methyl sites for hydroxylation is 1. The third-order valence-electron chi connectivity index (χ3n) is 4.70. The van der Waals surface area contributed by atoms with Crippen molar-refractivity contribution in [2.45, 2.75) is 19.5 Å². The molecule has 0 spiro atoms. The zero-order valence-corrected chi connectivity index (χ0v) is 17.7. The van der Waals surface area contributed by atoms with E-state index in [0.29, 0.717) is 16.8 Å². The fourth-order valence-corrected chi connectivity index (χ4v) is 3.89. The third kappa shape index (κ3) is 4.70. The van der Waals surface area contributed by atoms with Crippen LogP contribution in [-0.4, -0.2) is 32.2 Å². The third-order valence-corrected chi connectivity index (χ3v) is 5.51. The van der Waals surface area contributed by atoms with Gasteiger partial charge < -0.3 is 5.32 Å². The van der Waals surface area contributed by atoms with E-state index in [0.717, 1.165) is 34.4 Å². The highest BCUT2D eigenvalue weighted by Gasteiger charge is 2.41. The van der Waals surface area contributed by atoms with E-state index in [-0.39, 0.29) is 11.7 Å². The number of thiazole rings is 1. The summed E-state index contributed by atoms with van der Waals surface area (Å²) in [4.78, 5) is 20.9. The highest BCUT2D eigenvalue weighted by molar-refractivity contribution is 7.12. The second-order valence-electron chi connectivity index (χ2n) is 7.02. The van der Waals surface area contributed by atoms with E-state index < -0.39 is 23.3 Å². The van der Waals surface area contributed by atoms with Gasteiger partial charge in [-0.3, -0.25) is 9.78 Å². The number of pyridine rings is 1. The lowest BCUT2D eigenvalue weighted by atomic mass is 10.1. The minimum Gasteiger partial charge on any atom is -0.352 e. The fourth-order valence-electron chi connectivity index (χ4n) is 3.10. The van der Waals surface area contributed by atoms with Crippen molar-refractivity contribution in [2.75, 3.05) is 6.54 Å². The van der Waals surface area contributed by atoms with Crippen LogP contribution in [0.15, 0.2) is 60.2 Å². The lowest BCUT2D eigenvalue weighted by molar-refractivity contribution is -0.143. The summed E-state index contributed by atoms with van der Waals surface area (Å²) in [6.07, 6.45) is -1.86. The van der Waals surface area contributed by atoms with Crippen LogP contribution < -0.4 is 5.32 Å². The minimum atomic E-state index is -4.79. The molecule has 0 unspecified atom stereocenters. The number of benzene rings is 1. The van der Waals surface area contributed by atoms with Crippen LogP contribution in [0, 0.1) is 6.92 Å². The first-order valence-corrected chi connectivity index (χ1v) is 10.6. The van der Waals surface area contributed by atoms with Crippen LogP contribution in [0.5, 0.6) is 0 Å². The highest BCUT2D eigenvalue weighted by atomic mass is 32.1. The van der Waals surface area contributed by atoms with Crippen molar-refractivity contribution in [3.8, 4) is 16.4 Å². The van der Waals surface area contributed by atoms with E-state index in [2.05, 4.69) is 20.4 Å². The molecule has 0 aliphatic heterocycles. The summed E-state index contributed by atoms with van der Waals surface area (Å²) in [5.41, 5.74) is 1.41. The molecular weight excluding hydrogens is 439 g/mol. The molecule has 0 aliphatic carbocycles. The van der Waals surface area contributed by atoms with E-state index in [1.54, 1.807) is 29.8 Å². The van der Waals surface area contributed by atoms with Crippen LogP contribution in [-0.2, 0) is 12.6 Å². The Bertz CT molecular complexity index is 1220. The van der Waals surface area contributed by atoms with Crippen molar-refractivity contribution in [1.29, 1.82) is 0 Å². The summed E-state index contributed by atoms with van der Waals surface area (Å²) in [5.74, 6) is -0.852. The van der Waals surface area contributed by atoms with Crippen LogP contribution in [0.2, 0.25) is 0 Å². The van der Waals surface area contributed by atoms with Crippen LogP contribution in [0.3, 0.4) is 0 Å². The maximum absolute atomic E-state index is 13.9. The van der Waals surface area contributed by atoms with Gasteiger partial charge >= 0.3 is 6.18 Å². The first-order valence-electron chi connectivity index (χ1n) is 9.69. The first-order chi connectivity index (χ1) is 15.3. The number of amides is 1.